The zero-order valence-electron chi connectivity index (χ0n) is 19.5. The molecule has 0 saturated carbocycles. The van der Waals surface area contributed by atoms with E-state index >= 15 is 0 Å². The SMILES string of the molecule is CN=C(NCc1ccc(N2CCC(C)CC2)nc1)NCC(C)Oc1ccccc1OC.I. The number of nitrogens with one attached hydrogen (secondary N) is 2. The third-order valence-electron chi connectivity index (χ3n) is 5.55. The molecule has 1 aromatic heterocycles. The molecule has 2 aromatic rings. The highest BCUT2D eigenvalue weighted by atomic mass is 127. The topological polar surface area (TPSA) is 71.0 Å². The van der Waals surface area contributed by atoms with Crippen LogP contribution in [0.3, 0.4) is 0 Å². The molecule has 0 radical (unpaired) electrons. The summed E-state index contributed by atoms with van der Waals surface area (Å²) in [7, 11) is 3.41. The average Bonchev–Trinajstić information content (AvgIpc) is 2.80. The van der Waals surface area contributed by atoms with Crippen LogP contribution in [0, 0.1) is 5.92 Å². The van der Waals surface area contributed by atoms with Crippen molar-refractivity contribution in [3.63, 3.8) is 0 Å². The number of guanidine groups is 1. The van der Waals surface area contributed by atoms with Gasteiger partial charge in [-0.2, -0.15) is 0 Å². The monoisotopic (exact) mass is 553 g/mol. The molecular weight excluding hydrogens is 517 g/mol. The van der Waals surface area contributed by atoms with Gasteiger partial charge in [-0.3, -0.25) is 4.99 Å². The normalized spacial score (nSPS) is 15.5. The van der Waals surface area contributed by atoms with E-state index in [1.807, 2.05) is 37.4 Å². The van der Waals surface area contributed by atoms with Crippen LogP contribution < -0.4 is 25.0 Å². The summed E-state index contributed by atoms with van der Waals surface area (Å²) in [4.78, 5) is 11.3. The molecule has 32 heavy (non-hydrogen) atoms. The van der Waals surface area contributed by atoms with Gasteiger partial charge in [0.15, 0.2) is 17.5 Å². The first kappa shape index (κ1) is 26.0. The lowest BCUT2D eigenvalue weighted by molar-refractivity contribution is 0.213. The predicted molar refractivity (Wildman–Crippen MR) is 142 cm³/mol. The molecule has 1 aliphatic rings. The highest BCUT2D eigenvalue weighted by Gasteiger charge is 2.16. The van der Waals surface area contributed by atoms with E-state index in [-0.39, 0.29) is 30.1 Å². The van der Waals surface area contributed by atoms with Crippen molar-refractivity contribution in [2.45, 2.75) is 39.3 Å². The molecule has 1 fully saturated rings. The average molecular weight is 553 g/mol. The molecule has 2 N–H and O–H groups in total. The third-order valence-corrected chi connectivity index (χ3v) is 5.55. The maximum atomic E-state index is 5.99. The van der Waals surface area contributed by atoms with Crippen LogP contribution >= 0.6 is 24.0 Å². The van der Waals surface area contributed by atoms with E-state index in [1.54, 1.807) is 14.2 Å². The zero-order valence-corrected chi connectivity index (χ0v) is 21.8. The number of anilines is 1. The number of ether oxygens (including phenoxy) is 2. The first-order valence-corrected chi connectivity index (χ1v) is 11.0. The van der Waals surface area contributed by atoms with Gasteiger partial charge in [0.2, 0.25) is 0 Å². The molecule has 7 nitrogen and oxygen atoms in total. The van der Waals surface area contributed by atoms with E-state index < -0.39 is 0 Å². The molecule has 1 aliphatic heterocycles. The maximum Gasteiger partial charge on any atom is 0.191 e. The minimum absolute atomic E-state index is 0. The van der Waals surface area contributed by atoms with E-state index in [9.17, 15) is 0 Å². The van der Waals surface area contributed by atoms with E-state index in [4.69, 9.17) is 9.47 Å². The number of nitrogens with zero attached hydrogens (tertiary/aromatic N) is 3. The van der Waals surface area contributed by atoms with Gasteiger partial charge >= 0.3 is 0 Å². The van der Waals surface area contributed by atoms with Crippen molar-refractivity contribution in [2.24, 2.45) is 10.9 Å². The van der Waals surface area contributed by atoms with Gasteiger partial charge in [0.1, 0.15) is 11.9 Å². The Morgan fingerprint density at radius 3 is 2.50 bits per heavy atom. The molecule has 1 saturated heterocycles. The van der Waals surface area contributed by atoms with Crippen LogP contribution in [0.5, 0.6) is 11.5 Å². The van der Waals surface area contributed by atoms with Crippen LogP contribution in [0.15, 0.2) is 47.6 Å². The molecule has 0 spiro atoms. The lowest BCUT2D eigenvalue weighted by Gasteiger charge is -2.31. The number of para-hydroxylation sites is 2. The number of halogens is 1. The van der Waals surface area contributed by atoms with E-state index in [0.29, 0.717) is 13.1 Å². The van der Waals surface area contributed by atoms with Gasteiger partial charge in [-0.05, 0) is 49.4 Å². The summed E-state index contributed by atoms with van der Waals surface area (Å²) in [6.45, 7) is 7.80. The first-order valence-electron chi connectivity index (χ1n) is 11.0. The Balaban J connectivity index is 0.00000363. The van der Waals surface area contributed by atoms with Crippen molar-refractivity contribution < 1.29 is 9.47 Å². The standard InChI is InChI=1S/C24H35N5O2.HI/c1-18-11-13-29(14-12-18)23-10-9-20(16-26-23)17-28-24(25-3)27-15-19(2)31-22-8-6-5-7-21(22)30-4;/h5-10,16,18-19H,11-15,17H2,1-4H3,(H2,25,27,28);1H. The second-order valence-electron chi connectivity index (χ2n) is 8.08. The predicted octanol–water partition coefficient (Wildman–Crippen LogP) is 4.08. The summed E-state index contributed by atoms with van der Waals surface area (Å²) < 4.78 is 11.3. The van der Waals surface area contributed by atoms with Crippen molar-refractivity contribution in [3.8, 4) is 11.5 Å². The fraction of sp³-hybridized carbons (Fsp3) is 0.500. The minimum atomic E-state index is -0.0527. The second kappa shape index (κ2) is 13.3. The number of benzene rings is 1. The molecule has 2 heterocycles. The Labute approximate surface area is 209 Å². The number of pyridine rings is 1. The van der Waals surface area contributed by atoms with Crippen molar-refractivity contribution in [1.82, 2.24) is 15.6 Å². The lowest BCUT2D eigenvalue weighted by Crippen LogP contribution is -2.41. The van der Waals surface area contributed by atoms with E-state index in [1.165, 1.54) is 12.8 Å². The number of aromatic nitrogens is 1. The van der Waals surface area contributed by atoms with E-state index in [0.717, 1.165) is 47.8 Å². The molecule has 0 bridgehead atoms. The molecule has 1 atom stereocenters. The number of hydrogen-bond acceptors (Lipinski definition) is 5. The number of rotatable bonds is 8. The van der Waals surface area contributed by atoms with Crippen LogP contribution in [0.4, 0.5) is 5.82 Å². The Morgan fingerprint density at radius 2 is 1.88 bits per heavy atom. The third kappa shape index (κ3) is 7.72. The minimum Gasteiger partial charge on any atom is -0.493 e. The Hall–Kier alpha value is -2.23. The Morgan fingerprint density at radius 1 is 1.16 bits per heavy atom. The summed E-state index contributed by atoms with van der Waals surface area (Å²) >= 11 is 0. The number of aliphatic imine (C=N–C) groups is 1. The summed E-state index contributed by atoms with van der Waals surface area (Å²) in [5.74, 6) is 4.08. The maximum absolute atomic E-state index is 5.99. The van der Waals surface area contributed by atoms with Gasteiger partial charge in [-0.25, -0.2) is 4.98 Å². The van der Waals surface area contributed by atoms with Gasteiger partial charge in [-0.15, -0.1) is 24.0 Å². The van der Waals surface area contributed by atoms with Crippen molar-refractivity contribution in [1.29, 1.82) is 0 Å². The second-order valence-corrected chi connectivity index (χ2v) is 8.08. The smallest absolute Gasteiger partial charge is 0.191 e. The number of hydrogen-bond donors (Lipinski definition) is 2. The van der Waals surface area contributed by atoms with Crippen LogP contribution in [0.2, 0.25) is 0 Å². The molecule has 3 rings (SSSR count). The first-order chi connectivity index (χ1) is 15.1. The molecule has 0 amide bonds. The highest BCUT2D eigenvalue weighted by molar-refractivity contribution is 14.0. The lowest BCUT2D eigenvalue weighted by atomic mass is 9.99. The van der Waals surface area contributed by atoms with Gasteiger partial charge in [0.05, 0.1) is 13.7 Å². The van der Waals surface area contributed by atoms with Crippen LogP contribution in [0.25, 0.3) is 0 Å². The summed E-state index contributed by atoms with van der Waals surface area (Å²) in [5, 5.41) is 6.65. The summed E-state index contributed by atoms with van der Waals surface area (Å²) in [6, 6.07) is 11.9. The molecule has 0 aliphatic carbocycles. The van der Waals surface area contributed by atoms with Crippen molar-refractivity contribution in [3.05, 3.63) is 48.2 Å². The molecule has 1 unspecified atom stereocenters. The molecule has 1 aromatic carbocycles. The van der Waals surface area contributed by atoms with Gasteiger partial charge < -0.3 is 25.0 Å². The Kier molecular flexibility index (Phi) is 10.9. The molecule has 8 heteroatoms. The van der Waals surface area contributed by atoms with Crippen LogP contribution in [0.1, 0.15) is 32.3 Å². The van der Waals surface area contributed by atoms with Crippen LogP contribution in [-0.2, 0) is 6.54 Å². The number of methoxy groups -OCH3 is 1. The van der Waals surface area contributed by atoms with Crippen molar-refractivity contribution in [2.75, 3.05) is 38.7 Å². The highest BCUT2D eigenvalue weighted by Crippen LogP contribution is 2.26. The Bertz CT molecular complexity index is 839. The zero-order chi connectivity index (χ0) is 22.1. The molecule has 176 valence electrons. The fourth-order valence-electron chi connectivity index (χ4n) is 3.57. The van der Waals surface area contributed by atoms with Gasteiger partial charge in [-0.1, -0.05) is 25.1 Å². The summed E-state index contributed by atoms with van der Waals surface area (Å²) in [6.07, 6.45) is 4.38. The quantitative estimate of drug-likeness (QED) is 0.292. The molecular formula is C24H36IN5O2. The van der Waals surface area contributed by atoms with Gasteiger partial charge in [0.25, 0.3) is 0 Å². The number of piperidine rings is 1. The van der Waals surface area contributed by atoms with Crippen LogP contribution in [-0.4, -0.2) is 50.8 Å². The van der Waals surface area contributed by atoms with E-state index in [2.05, 4.69) is 44.6 Å². The van der Waals surface area contributed by atoms with Gasteiger partial charge in [0, 0.05) is 32.9 Å². The van der Waals surface area contributed by atoms with Crippen molar-refractivity contribution >= 4 is 35.8 Å². The largest absolute Gasteiger partial charge is 0.493 e. The summed E-state index contributed by atoms with van der Waals surface area (Å²) in [5.41, 5.74) is 1.12. The fourth-order valence-corrected chi connectivity index (χ4v) is 3.57.